The van der Waals surface area contributed by atoms with Gasteiger partial charge in [0.2, 0.25) is 0 Å². The van der Waals surface area contributed by atoms with Crippen LogP contribution in [0, 0.1) is 0 Å². The van der Waals surface area contributed by atoms with Crippen molar-refractivity contribution in [2.45, 2.75) is 19.3 Å². The molecule has 0 radical (unpaired) electrons. The second-order valence-electron chi connectivity index (χ2n) is 4.68. The van der Waals surface area contributed by atoms with Crippen LogP contribution in [0.1, 0.15) is 17.3 Å². The molecule has 2 rings (SSSR count). The number of amides is 1. The quantitative estimate of drug-likeness (QED) is 0.905. The molecule has 1 saturated heterocycles. The summed E-state index contributed by atoms with van der Waals surface area (Å²) >= 11 is 0. The van der Waals surface area contributed by atoms with E-state index in [-0.39, 0.29) is 17.7 Å². The van der Waals surface area contributed by atoms with Gasteiger partial charge in [0.1, 0.15) is 5.75 Å². The fourth-order valence-corrected chi connectivity index (χ4v) is 2.10. The zero-order valence-electron chi connectivity index (χ0n) is 10.9. The summed E-state index contributed by atoms with van der Waals surface area (Å²) in [6.45, 7) is 3.85. The van der Waals surface area contributed by atoms with Crippen LogP contribution in [0.4, 0.5) is 13.2 Å². The first-order valence-electron chi connectivity index (χ1n) is 6.23. The highest BCUT2D eigenvalue weighted by atomic mass is 19.4. The number of rotatable bonds is 2. The Kier molecular flexibility index (Phi) is 4.17. The number of nitrogens with one attached hydrogen (secondary N) is 1. The highest BCUT2D eigenvalue weighted by Crippen LogP contribution is 2.23. The average molecular weight is 288 g/mol. The van der Waals surface area contributed by atoms with Crippen LogP contribution >= 0.6 is 0 Å². The fourth-order valence-electron chi connectivity index (χ4n) is 2.10. The Bertz CT molecular complexity index is 473. The minimum Gasteiger partial charge on any atom is -0.406 e. The standard InChI is InChI=1S/C13H15F3N2O2/c1-9-8-18(7-6-17-9)12(19)10-2-4-11(5-3-10)20-13(14,15)16/h2-5,9,17H,6-8H2,1H3. The van der Waals surface area contributed by atoms with Gasteiger partial charge < -0.3 is 15.0 Å². The molecule has 1 atom stereocenters. The lowest BCUT2D eigenvalue weighted by molar-refractivity contribution is -0.274. The second kappa shape index (κ2) is 5.70. The van der Waals surface area contributed by atoms with Crippen molar-refractivity contribution < 1.29 is 22.7 Å². The van der Waals surface area contributed by atoms with E-state index in [2.05, 4.69) is 10.1 Å². The normalized spacial score (nSPS) is 19.8. The monoisotopic (exact) mass is 288 g/mol. The highest BCUT2D eigenvalue weighted by molar-refractivity contribution is 5.94. The van der Waals surface area contributed by atoms with E-state index in [0.29, 0.717) is 25.2 Å². The zero-order chi connectivity index (χ0) is 14.8. The molecule has 1 aliphatic rings. The molecular weight excluding hydrogens is 273 g/mol. The predicted octanol–water partition coefficient (Wildman–Crippen LogP) is 2.02. The lowest BCUT2D eigenvalue weighted by Gasteiger charge is -2.32. The molecule has 1 N–H and O–H groups in total. The number of hydrogen-bond donors (Lipinski definition) is 1. The summed E-state index contributed by atoms with van der Waals surface area (Å²) < 4.78 is 39.9. The first-order chi connectivity index (χ1) is 9.35. The third-order valence-electron chi connectivity index (χ3n) is 2.99. The largest absolute Gasteiger partial charge is 0.573 e. The molecule has 4 nitrogen and oxygen atoms in total. The van der Waals surface area contributed by atoms with E-state index in [1.807, 2.05) is 6.92 Å². The van der Waals surface area contributed by atoms with Crippen molar-refractivity contribution >= 4 is 5.91 Å². The Morgan fingerprint density at radius 2 is 2.00 bits per heavy atom. The van der Waals surface area contributed by atoms with Gasteiger partial charge >= 0.3 is 6.36 Å². The van der Waals surface area contributed by atoms with Crippen molar-refractivity contribution in [3.8, 4) is 5.75 Å². The van der Waals surface area contributed by atoms with Crippen LogP contribution in [0.5, 0.6) is 5.75 Å². The number of carbonyl (C=O) groups is 1. The number of benzene rings is 1. The molecule has 0 bridgehead atoms. The first-order valence-corrected chi connectivity index (χ1v) is 6.23. The number of halogens is 3. The molecule has 1 amide bonds. The van der Waals surface area contributed by atoms with E-state index in [1.54, 1.807) is 4.90 Å². The molecule has 1 aliphatic heterocycles. The second-order valence-corrected chi connectivity index (χ2v) is 4.68. The van der Waals surface area contributed by atoms with Gasteiger partial charge in [-0.05, 0) is 31.2 Å². The third kappa shape index (κ3) is 3.86. The zero-order valence-corrected chi connectivity index (χ0v) is 10.9. The van der Waals surface area contributed by atoms with Crippen molar-refractivity contribution in [3.63, 3.8) is 0 Å². The molecule has 0 aromatic heterocycles. The van der Waals surface area contributed by atoms with Crippen molar-refractivity contribution in [2.75, 3.05) is 19.6 Å². The van der Waals surface area contributed by atoms with E-state index < -0.39 is 6.36 Å². The van der Waals surface area contributed by atoms with Gasteiger partial charge in [-0.25, -0.2) is 0 Å². The number of piperazine rings is 1. The Labute approximate surface area is 114 Å². The highest BCUT2D eigenvalue weighted by Gasteiger charge is 2.31. The molecule has 1 fully saturated rings. The van der Waals surface area contributed by atoms with Gasteiger partial charge in [0.15, 0.2) is 0 Å². The van der Waals surface area contributed by atoms with Gasteiger partial charge in [-0.15, -0.1) is 13.2 Å². The summed E-state index contributed by atoms with van der Waals surface area (Å²) in [6, 6.07) is 5.19. The molecule has 7 heteroatoms. The van der Waals surface area contributed by atoms with Crippen molar-refractivity contribution in [1.82, 2.24) is 10.2 Å². The maximum atomic E-state index is 12.2. The van der Waals surface area contributed by atoms with Gasteiger partial charge in [-0.2, -0.15) is 0 Å². The van der Waals surface area contributed by atoms with Crippen LogP contribution in [0.2, 0.25) is 0 Å². The Balaban J connectivity index is 2.04. The van der Waals surface area contributed by atoms with Crippen LogP contribution in [-0.2, 0) is 0 Å². The smallest absolute Gasteiger partial charge is 0.406 e. The molecule has 110 valence electrons. The van der Waals surface area contributed by atoms with E-state index >= 15 is 0 Å². The van der Waals surface area contributed by atoms with E-state index in [0.717, 1.165) is 12.1 Å². The summed E-state index contributed by atoms with van der Waals surface area (Å²) in [4.78, 5) is 13.9. The topological polar surface area (TPSA) is 41.6 Å². The van der Waals surface area contributed by atoms with Gasteiger partial charge in [0.05, 0.1) is 0 Å². The summed E-state index contributed by atoms with van der Waals surface area (Å²) in [5, 5.41) is 3.21. The van der Waals surface area contributed by atoms with Gasteiger partial charge in [0.25, 0.3) is 5.91 Å². The van der Waals surface area contributed by atoms with Gasteiger partial charge in [-0.1, -0.05) is 0 Å². The number of ether oxygens (including phenoxy) is 1. The maximum Gasteiger partial charge on any atom is 0.573 e. The summed E-state index contributed by atoms with van der Waals surface area (Å²) in [5.41, 5.74) is 0.355. The number of hydrogen-bond acceptors (Lipinski definition) is 3. The lowest BCUT2D eigenvalue weighted by Crippen LogP contribution is -2.51. The van der Waals surface area contributed by atoms with Crippen molar-refractivity contribution in [1.29, 1.82) is 0 Å². The average Bonchev–Trinajstić information content (AvgIpc) is 2.37. The van der Waals surface area contributed by atoms with Crippen LogP contribution in [0.3, 0.4) is 0 Å². The first kappa shape index (κ1) is 14.6. The number of carbonyl (C=O) groups excluding carboxylic acids is 1. The van der Waals surface area contributed by atoms with Gasteiger partial charge in [-0.3, -0.25) is 4.79 Å². The number of nitrogens with zero attached hydrogens (tertiary/aromatic N) is 1. The van der Waals surface area contributed by atoms with Crippen LogP contribution < -0.4 is 10.1 Å². The lowest BCUT2D eigenvalue weighted by atomic mass is 10.1. The Morgan fingerprint density at radius 3 is 2.55 bits per heavy atom. The predicted molar refractivity (Wildman–Crippen MR) is 66.5 cm³/mol. The molecule has 1 aromatic rings. The molecule has 1 unspecified atom stereocenters. The Hall–Kier alpha value is -1.76. The molecule has 20 heavy (non-hydrogen) atoms. The van der Waals surface area contributed by atoms with Crippen LogP contribution in [0.25, 0.3) is 0 Å². The van der Waals surface area contributed by atoms with E-state index in [1.165, 1.54) is 12.1 Å². The molecule has 0 saturated carbocycles. The summed E-state index contributed by atoms with van der Waals surface area (Å²) in [7, 11) is 0. The maximum absolute atomic E-state index is 12.2. The van der Waals surface area contributed by atoms with E-state index in [9.17, 15) is 18.0 Å². The molecule has 0 aliphatic carbocycles. The van der Waals surface area contributed by atoms with Crippen molar-refractivity contribution in [3.05, 3.63) is 29.8 Å². The fraction of sp³-hybridized carbons (Fsp3) is 0.462. The summed E-state index contributed by atoms with van der Waals surface area (Å²) in [6.07, 6.45) is -4.72. The number of alkyl halides is 3. The summed E-state index contributed by atoms with van der Waals surface area (Å²) in [5.74, 6) is -0.514. The molecule has 0 spiro atoms. The molecule has 1 aromatic carbocycles. The SMILES string of the molecule is CC1CN(C(=O)c2ccc(OC(F)(F)F)cc2)CCN1. The minimum atomic E-state index is -4.72. The van der Waals surface area contributed by atoms with E-state index in [4.69, 9.17) is 0 Å². The Morgan fingerprint density at radius 1 is 1.35 bits per heavy atom. The van der Waals surface area contributed by atoms with Crippen LogP contribution in [-0.4, -0.2) is 42.8 Å². The van der Waals surface area contributed by atoms with Gasteiger partial charge in [0, 0.05) is 31.2 Å². The minimum absolute atomic E-state index is 0.183. The molecular formula is C13H15F3N2O2. The third-order valence-corrected chi connectivity index (χ3v) is 2.99. The molecule has 1 heterocycles. The van der Waals surface area contributed by atoms with Crippen LogP contribution in [0.15, 0.2) is 24.3 Å². The van der Waals surface area contributed by atoms with Crippen molar-refractivity contribution in [2.24, 2.45) is 0 Å².